The van der Waals surface area contributed by atoms with Crippen molar-refractivity contribution in [2.24, 2.45) is 11.5 Å². The zero-order valence-electron chi connectivity index (χ0n) is 19.7. The van der Waals surface area contributed by atoms with Crippen LogP contribution in [0, 0.1) is 0 Å². The molecule has 35 heavy (non-hydrogen) atoms. The smallest absolute Gasteiger partial charge is 0.326 e. The van der Waals surface area contributed by atoms with Crippen molar-refractivity contribution in [1.82, 2.24) is 16.0 Å². The van der Waals surface area contributed by atoms with E-state index in [1.165, 1.54) is 43.0 Å². The number of nitrogens with two attached hydrogens (primary N) is 2. The molecule has 0 aromatic heterocycles. The molecule has 1 aromatic carbocycles. The van der Waals surface area contributed by atoms with Gasteiger partial charge in [-0.25, -0.2) is 4.79 Å². The summed E-state index contributed by atoms with van der Waals surface area (Å²) in [7, 11) is 0. The molecule has 0 spiro atoms. The van der Waals surface area contributed by atoms with Crippen LogP contribution >= 0.6 is 11.8 Å². The second-order valence-corrected chi connectivity index (χ2v) is 8.94. The number of carbonyl (C=O) groups is 5. The molecule has 0 saturated carbocycles. The zero-order chi connectivity index (χ0) is 26.5. The molecule has 9 N–H and O–H groups in total. The van der Waals surface area contributed by atoms with Crippen LogP contribution in [-0.2, 0) is 30.4 Å². The quantitative estimate of drug-likeness (QED) is 0.151. The fraction of sp³-hybridized carbons (Fsp3) is 0.500. The number of benzene rings is 1. The number of thioether (sulfide) groups is 1. The third-order valence-electron chi connectivity index (χ3n) is 5.02. The Hall–Kier alpha value is -3.32. The fourth-order valence-corrected chi connectivity index (χ4v) is 3.43. The van der Waals surface area contributed by atoms with Crippen LogP contribution < -0.4 is 27.4 Å². The first-order chi connectivity index (χ1) is 16.4. The number of carbonyl (C=O) groups excluding carboxylic acids is 4. The van der Waals surface area contributed by atoms with E-state index in [1.807, 2.05) is 6.26 Å². The van der Waals surface area contributed by atoms with Gasteiger partial charge in [0.2, 0.25) is 23.6 Å². The van der Waals surface area contributed by atoms with Gasteiger partial charge < -0.3 is 37.6 Å². The van der Waals surface area contributed by atoms with E-state index in [0.717, 1.165) is 0 Å². The molecular weight excluding hydrogens is 478 g/mol. The van der Waals surface area contributed by atoms with Crippen molar-refractivity contribution >= 4 is 41.4 Å². The maximum atomic E-state index is 12.8. The lowest BCUT2D eigenvalue weighted by Gasteiger charge is -2.23. The molecule has 0 bridgehead atoms. The highest BCUT2D eigenvalue weighted by atomic mass is 32.2. The van der Waals surface area contributed by atoms with Gasteiger partial charge in [0.1, 0.15) is 23.9 Å². The van der Waals surface area contributed by atoms with E-state index >= 15 is 0 Å². The number of carboxylic acid groups (broad SMARTS) is 1. The van der Waals surface area contributed by atoms with Crippen LogP contribution in [0.4, 0.5) is 0 Å². The van der Waals surface area contributed by atoms with Crippen molar-refractivity contribution < 1.29 is 34.2 Å². The van der Waals surface area contributed by atoms with E-state index in [0.29, 0.717) is 11.3 Å². The third kappa shape index (κ3) is 11.1. The topological polar surface area (TPSA) is 214 Å². The summed E-state index contributed by atoms with van der Waals surface area (Å²) in [6.45, 7) is 1.39. The Morgan fingerprint density at radius 1 is 0.943 bits per heavy atom. The van der Waals surface area contributed by atoms with Crippen molar-refractivity contribution in [3.63, 3.8) is 0 Å². The van der Waals surface area contributed by atoms with Gasteiger partial charge in [0.25, 0.3) is 0 Å². The molecule has 13 heteroatoms. The molecule has 4 unspecified atom stereocenters. The molecule has 4 amide bonds. The van der Waals surface area contributed by atoms with Crippen LogP contribution in [0.5, 0.6) is 5.75 Å². The minimum Gasteiger partial charge on any atom is -0.508 e. The largest absolute Gasteiger partial charge is 0.508 e. The predicted octanol–water partition coefficient (Wildman–Crippen LogP) is -1.16. The number of aromatic hydroxyl groups is 1. The molecule has 1 rings (SSSR count). The highest BCUT2D eigenvalue weighted by Crippen LogP contribution is 2.11. The number of hydrogen-bond donors (Lipinski definition) is 7. The molecule has 0 heterocycles. The summed E-state index contributed by atoms with van der Waals surface area (Å²) >= 11 is 1.45. The van der Waals surface area contributed by atoms with Gasteiger partial charge in [0.05, 0.1) is 6.04 Å². The molecule has 0 saturated heterocycles. The normalized spacial score (nSPS) is 14.1. The third-order valence-corrected chi connectivity index (χ3v) is 5.67. The second kappa shape index (κ2) is 14.8. The average Bonchev–Trinajstić information content (AvgIpc) is 2.80. The molecule has 0 aliphatic rings. The van der Waals surface area contributed by atoms with Crippen molar-refractivity contribution in [3.05, 3.63) is 29.8 Å². The van der Waals surface area contributed by atoms with Gasteiger partial charge in [-0.2, -0.15) is 11.8 Å². The van der Waals surface area contributed by atoms with Gasteiger partial charge in [-0.05, 0) is 49.5 Å². The van der Waals surface area contributed by atoms with E-state index in [2.05, 4.69) is 16.0 Å². The van der Waals surface area contributed by atoms with Crippen LogP contribution in [0.3, 0.4) is 0 Å². The van der Waals surface area contributed by atoms with Crippen LogP contribution in [-0.4, -0.2) is 76.0 Å². The van der Waals surface area contributed by atoms with E-state index in [1.54, 1.807) is 0 Å². The fourth-order valence-electron chi connectivity index (χ4n) is 2.96. The summed E-state index contributed by atoms with van der Waals surface area (Å²) in [5, 5.41) is 26.2. The molecule has 12 nitrogen and oxygen atoms in total. The first-order valence-electron chi connectivity index (χ1n) is 10.9. The summed E-state index contributed by atoms with van der Waals surface area (Å²) in [6, 6.07) is 1.50. The van der Waals surface area contributed by atoms with Crippen LogP contribution in [0.2, 0.25) is 0 Å². The number of amides is 4. The van der Waals surface area contributed by atoms with E-state index in [-0.39, 0.29) is 31.4 Å². The number of nitrogens with one attached hydrogen (secondary N) is 3. The Balaban J connectivity index is 2.76. The predicted molar refractivity (Wildman–Crippen MR) is 130 cm³/mol. The van der Waals surface area contributed by atoms with Crippen molar-refractivity contribution in [2.45, 2.75) is 56.8 Å². The lowest BCUT2D eigenvalue weighted by Crippen LogP contribution is -2.56. The minimum atomic E-state index is -1.26. The maximum Gasteiger partial charge on any atom is 0.326 e. The van der Waals surface area contributed by atoms with Gasteiger partial charge in [0, 0.05) is 12.8 Å². The first kappa shape index (κ1) is 29.7. The molecule has 4 atom stereocenters. The van der Waals surface area contributed by atoms with Crippen molar-refractivity contribution in [3.8, 4) is 5.75 Å². The summed E-state index contributed by atoms with van der Waals surface area (Å²) < 4.78 is 0. The van der Waals surface area contributed by atoms with Crippen LogP contribution in [0.1, 0.15) is 31.7 Å². The van der Waals surface area contributed by atoms with Gasteiger partial charge in [0.15, 0.2) is 0 Å². The molecular formula is C22H33N5O7S. The minimum absolute atomic E-state index is 0.0223. The molecule has 194 valence electrons. The first-order valence-corrected chi connectivity index (χ1v) is 12.3. The van der Waals surface area contributed by atoms with Gasteiger partial charge in [-0.3, -0.25) is 19.2 Å². The lowest BCUT2D eigenvalue weighted by atomic mass is 10.1. The number of primary amides is 1. The van der Waals surface area contributed by atoms with Crippen LogP contribution in [0.25, 0.3) is 0 Å². The molecule has 0 aliphatic carbocycles. The number of hydrogen-bond acceptors (Lipinski definition) is 8. The van der Waals surface area contributed by atoms with Gasteiger partial charge >= 0.3 is 5.97 Å². The standard InChI is InChI=1S/C22H33N5O7S/c1-12(19(30)27-17(22(33)34)11-13-3-5-14(28)6-4-13)25-21(32)16(9-10-35-2)26-20(31)15(23)7-8-18(24)29/h3-6,12,15-17,28H,7-11,23H2,1-2H3,(H2,24,29)(H,25,32)(H,26,31)(H,27,30)(H,33,34). The summed E-state index contributed by atoms with van der Waals surface area (Å²) in [4.78, 5) is 60.2. The molecule has 0 radical (unpaired) electrons. The SMILES string of the molecule is CSCCC(NC(=O)C(N)CCC(N)=O)C(=O)NC(C)C(=O)NC(Cc1ccc(O)cc1)C(=O)O. The highest BCUT2D eigenvalue weighted by Gasteiger charge is 2.28. The number of rotatable bonds is 15. The number of phenolic OH excluding ortho intramolecular Hbond substituents is 1. The average molecular weight is 512 g/mol. The highest BCUT2D eigenvalue weighted by molar-refractivity contribution is 7.98. The van der Waals surface area contributed by atoms with E-state index < -0.39 is 53.8 Å². The van der Waals surface area contributed by atoms with Crippen molar-refractivity contribution in [1.29, 1.82) is 0 Å². The maximum absolute atomic E-state index is 12.8. The zero-order valence-corrected chi connectivity index (χ0v) is 20.5. The lowest BCUT2D eigenvalue weighted by molar-refractivity contribution is -0.142. The molecule has 1 aromatic rings. The van der Waals surface area contributed by atoms with E-state index in [4.69, 9.17) is 11.5 Å². The Labute approximate surface area is 207 Å². The number of phenols is 1. The Morgan fingerprint density at radius 3 is 2.09 bits per heavy atom. The number of aliphatic carboxylic acids is 1. The van der Waals surface area contributed by atoms with Gasteiger partial charge in [-0.1, -0.05) is 12.1 Å². The molecule has 0 fully saturated rings. The Kier molecular flexibility index (Phi) is 12.6. The number of carboxylic acids is 1. The summed E-state index contributed by atoms with van der Waals surface area (Å²) in [5.41, 5.74) is 11.4. The Morgan fingerprint density at radius 2 is 1.54 bits per heavy atom. The van der Waals surface area contributed by atoms with Gasteiger partial charge in [-0.15, -0.1) is 0 Å². The second-order valence-electron chi connectivity index (χ2n) is 7.95. The molecule has 0 aliphatic heterocycles. The van der Waals surface area contributed by atoms with Crippen LogP contribution in [0.15, 0.2) is 24.3 Å². The monoisotopic (exact) mass is 511 g/mol. The Bertz CT molecular complexity index is 897. The summed E-state index contributed by atoms with van der Waals surface area (Å²) in [5.74, 6) is -3.30. The van der Waals surface area contributed by atoms with E-state index in [9.17, 15) is 34.2 Å². The summed E-state index contributed by atoms with van der Waals surface area (Å²) in [6.07, 6.45) is 1.99. The van der Waals surface area contributed by atoms with Crippen molar-refractivity contribution in [2.75, 3.05) is 12.0 Å².